The quantitative estimate of drug-likeness (QED) is 0.817. The van der Waals surface area contributed by atoms with E-state index in [9.17, 15) is 9.59 Å². The van der Waals surface area contributed by atoms with Crippen LogP contribution in [0.1, 0.15) is 55.5 Å². The molecule has 27 heavy (non-hydrogen) atoms. The fourth-order valence-electron chi connectivity index (χ4n) is 4.87. The topological polar surface area (TPSA) is 57.0 Å². The van der Waals surface area contributed by atoms with Crippen molar-refractivity contribution in [2.45, 2.75) is 51.0 Å². The maximum absolute atomic E-state index is 12.7. The second-order valence-electron chi connectivity index (χ2n) is 8.20. The molecule has 3 fully saturated rings. The van der Waals surface area contributed by atoms with Crippen LogP contribution in [0.3, 0.4) is 0 Å². The first-order valence-electron chi connectivity index (χ1n) is 10.6. The normalized spacial score (nSPS) is 23.6. The summed E-state index contributed by atoms with van der Waals surface area (Å²) < 4.78 is 5.24. The van der Waals surface area contributed by atoms with Crippen LogP contribution in [0.5, 0.6) is 0 Å². The number of likely N-dealkylation sites (tertiary alicyclic amines) is 3. The van der Waals surface area contributed by atoms with Crippen molar-refractivity contribution in [3.05, 3.63) is 24.2 Å². The summed E-state index contributed by atoms with van der Waals surface area (Å²) in [6.45, 7) is 5.53. The minimum Gasteiger partial charge on any atom is -0.459 e. The predicted octanol–water partition coefficient (Wildman–Crippen LogP) is 2.61. The molecule has 0 radical (unpaired) electrons. The number of hydrogen-bond acceptors (Lipinski definition) is 4. The molecule has 0 bridgehead atoms. The lowest BCUT2D eigenvalue weighted by atomic mass is 9.91. The van der Waals surface area contributed by atoms with Gasteiger partial charge in [0.05, 0.1) is 6.26 Å². The van der Waals surface area contributed by atoms with E-state index in [0.717, 1.165) is 65.0 Å². The summed E-state index contributed by atoms with van der Waals surface area (Å²) in [4.78, 5) is 31.7. The van der Waals surface area contributed by atoms with Crippen LogP contribution in [0.15, 0.2) is 22.8 Å². The fourth-order valence-corrected chi connectivity index (χ4v) is 4.87. The molecule has 0 aliphatic carbocycles. The summed E-state index contributed by atoms with van der Waals surface area (Å²) in [5, 5.41) is 0. The van der Waals surface area contributed by atoms with Crippen molar-refractivity contribution >= 4 is 11.8 Å². The number of hydrogen-bond donors (Lipinski definition) is 0. The van der Waals surface area contributed by atoms with Crippen LogP contribution >= 0.6 is 0 Å². The zero-order chi connectivity index (χ0) is 18.6. The van der Waals surface area contributed by atoms with Gasteiger partial charge < -0.3 is 19.1 Å². The second kappa shape index (κ2) is 8.46. The largest absolute Gasteiger partial charge is 0.459 e. The van der Waals surface area contributed by atoms with Gasteiger partial charge in [0.1, 0.15) is 0 Å². The fraction of sp³-hybridized carbons (Fsp3) is 0.714. The third-order valence-corrected chi connectivity index (χ3v) is 6.55. The van der Waals surface area contributed by atoms with E-state index in [1.165, 1.54) is 19.3 Å². The van der Waals surface area contributed by atoms with E-state index in [0.29, 0.717) is 17.7 Å². The van der Waals surface area contributed by atoms with Gasteiger partial charge in [-0.3, -0.25) is 9.59 Å². The van der Waals surface area contributed by atoms with Crippen LogP contribution in [0.25, 0.3) is 0 Å². The number of piperidine rings is 3. The first-order valence-corrected chi connectivity index (χ1v) is 10.6. The van der Waals surface area contributed by atoms with Gasteiger partial charge in [0, 0.05) is 38.1 Å². The standard InChI is InChI=1S/C21H31N3O3/c25-20(23-10-2-1-3-11-23)17-6-12-22(13-7-17)18-8-14-24(15-9-18)21(26)19-5-4-16-27-19/h4-5,16-18H,1-3,6-15H2. The molecule has 1 aromatic heterocycles. The van der Waals surface area contributed by atoms with Gasteiger partial charge >= 0.3 is 0 Å². The second-order valence-corrected chi connectivity index (χ2v) is 8.20. The van der Waals surface area contributed by atoms with Crippen LogP contribution < -0.4 is 0 Å². The number of rotatable bonds is 3. The zero-order valence-corrected chi connectivity index (χ0v) is 16.1. The monoisotopic (exact) mass is 373 g/mol. The molecular formula is C21H31N3O3. The van der Waals surface area contributed by atoms with Gasteiger partial charge in [0.15, 0.2) is 5.76 Å². The van der Waals surface area contributed by atoms with Crippen LogP contribution in [-0.4, -0.2) is 71.8 Å². The van der Waals surface area contributed by atoms with Crippen molar-refractivity contribution < 1.29 is 14.0 Å². The van der Waals surface area contributed by atoms with E-state index in [1.54, 1.807) is 18.4 Å². The predicted molar refractivity (Wildman–Crippen MR) is 102 cm³/mol. The van der Waals surface area contributed by atoms with E-state index in [-0.39, 0.29) is 11.8 Å². The molecule has 2 amide bonds. The average molecular weight is 373 g/mol. The summed E-state index contributed by atoms with van der Waals surface area (Å²) in [6.07, 6.45) is 9.15. The SMILES string of the molecule is O=C(c1ccco1)N1CCC(N2CCC(C(=O)N3CCCCC3)CC2)CC1. The Hall–Kier alpha value is -1.82. The summed E-state index contributed by atoms with van der Waals surface area (Å²) in [7, 11) is 0. The molecule has 3 aliphatic heterocycles. The third-order valence-electron chi connectivity index (χ3n) is 6.55. The molecule has 0 N–H and O–H groups in total. The van der Waals surface area contributed by atoms with Crippen molar-refractivity contribution in [3.8, 4) is 0 Å². The van der Waals surface area contributed by atoms with E-state index in [1.807, 2.05) is 4.90 Å². The van der Waals surface area contributed by atoms with Crippen LogP contribution in [0.2, 0.25) is 0 Å². The summed E-state index contributed by atoms with van der Waals surface area (Å²) in [6, 6.07) is 4.03. The Morgan fingerprint density at radius 3 is 2.19 bits per heavy atom. The molecule has 1 aromatic rings. The highest BCUT2D eigenvalue weighted by atomic mass is 16.3. The Morgan fingerprint density at radius 2 is 1.56 bits per heavy atom. The maximum atomic E-state index is 12.7. The minimum absolute atomic E-state index is 0.00397. The van der Waals surface area contributed by atoms with Gasteiger partial charge in [0.25, 0.3) is 5.91 Å². The van der Waals surface area contributed by atoms with Gasteiger partial charge in [-0.25, -0.2) is 0 Å². The molecular weight excluding hydrogens is 342 g/mol. The first-order chi connectivity index (χ1) is 13.2. The van der Waals surface area contributed by atoms with Crippen molar-refractivity contribution in [1.82, 2.24) is 14.7 Å². The van der Waals surface area contributed by atoms with Gasteiger partial charge in [-0.1, -0.05) is 0 Å². The molecule has 0 atom stereocenters. The molecule has 3 saturated heterocycles. The Morgan fingerprint density at radius 1 is 0.852 bits per heavy atom. The van der Waals surface area contributed by atoms with Crippen molar-refractivity contribution in [2.75, 3.05) is 39.3 Å². The van der Waals surface area contributed by atoms with Gasteiger partial charge in [-0.05, 0) is 70.2 Å². The van der Waals surface area contributed by atoms with Gasteiger partial charge in [-0.2, -0.15) is 0 Å². The highest BCUT2D eigenvalue weighted by Gasteiger charge is 2.33. The molecule has 148 valence electrons. The molecule has 0 aromatic carbocycles. The molecule has 0 unspecified atom stereocenters. The van der Waals surface area contributed by atoms with Gasteiger partial charge in [-0.15, -0.1) is 0 Å². The van der Waals surface area contributed by atoms with Crippen LogP contribution in [-0.2, 0) is 4.79 Å². The smallest absolute Gasteiger partial charge is 0.289 e. The van der Waals surface area contributed by atoms with Crippen molar-refractivity contribution in [2.24, 2.45) is 5.92 Å². The Labute approximate surface area is 161 Å². The van der Waals surface area contributed by atoms with Crippen molar-refractivity contribution in [1.29, 1.82) is 0 Å². The Kier molecular flexibility index (Phi) is 5.81. The summed E-state index contributed by atoms with van der Waals surface area (Å²) in [5.74, 6) is 1.06. The highest BCUT2D eigenvalue weighted by Crippen LogP contribution is 2.26. The van der Waals surface area contributed by atoms with E-state index in [2.05, 4.69) is 9.80 Å². The Balaban J connectivity index is 1.22. The summed E-state index contributed by atoms with van der Waals surface area (Å²) >= 11 is 0. The van der Waals surface area contributed by atoms with E-state index >= 15 is 0 Å². The molecule has 0 spiro atoms. The number of amides is 2. The van der Waals surface area contributed by atoms with E-state index in [4.69, 9.17) is 4.42 Å². The van der Waals surface area contributed by atoms with E-state index < -0.39 is 0 Å². The lowest BCUT2D eigenvalue weighted by molar-refractivity contribution is -0.138. The highest BCUT2D eigenvalue weighted by molar-refractivity contribution is 5.91. The number of nitrogens with zero attached hydrogens (tertiary/aromatic N) is 3. The molecule has 4 rings (SSSR count). The molecule has 3 aliphatic rings. The molecule has 6 heteroatoms. The third kappa shape index (κ3) is 4.21. The number of carbonyl (C=O) groups is 2. The number of furan rings is 1. The average Bonchev–Trinajstić information content (AvgIpc) is 3.28. The molecule has 0 saturated carbocycles. The number of carbonyl (C=O) groups excluding carboxylic acids is 2. The molecule has 6 nitrogen and oxygen atoms in total. The minimum atomic E-state index is 0.00397. The van der Waals surface area contributed by atoms with Gasteiger partial charge in [0.2, 0.25) is 5.91 Å². The lowest BCUT2D eigenvalue weighted by Crippen LogP contribution is -2.50. The Bertz CT molecular complexity index is 623. The van der Waals surface area contributed by atoms with Crippen LogP contribution in [0.4, 0.5) is 0 Å². The lowest BCUT2D eigenvalue weighted by Gasteiger charge is -2.42. The molecule has 4 heterocycles. The first kappa shape index (κ1) is 18.5. The van der Waals surface area contributed by atoms with Crippen molar-refractivity contribution in [3.63, 3.8) is 0 Å². The summed E-state index contributed by atoms with van der Waals surface area (Å²) in [5.41, 5.74) is 0. The van der Waals surface area contributed by atoms with Crippen LogP contribution in [0, 0.1) is 5.92 Å². The zero-order valence-electron chi connectivity index (χ0n) is 16.1. The maximum Gasteiger partial charge on any atom is 0.289 e.